The average Bonchev–Trinajstić information content (AvgIpc) is 3.16. The van der Waals surface area contributed by atoms with Crippen LogP contribution in [0.4, 0.5) is 0 Å². The van der Waals surface area contributed by atoms with Gasteiger partial charge in [0.1, 0.15) is 0 Å². The van der Waals surface area contributed by atoms with Gasteiger partial charge in [-0.3, -0.25) is 4.98 Å². The summed E-state index contributed by atoms with van der Waals surface area (Å²) >= 11 is 0. The van der Waals surface area contributed by atoms with E-state index in [-0.39, 0.29) is 0 Å². The maximum Gasteiger partial charge on any atom is 0.0893 e. The van der Waals surface area contributed by atoms with Crippen LogP contribution in [0.15, 0.2) is 164 Å². The summed E-state index contributed by atoms with van der Waals surface area (Å²) in [6.07, 6.45) is 1.80. The lowest BCUT2D eigenvalue weighted by molar-refractivity contribution is 1.28. The van der Waals surface area contributed by atoms with Gasteiger partial charge < -0.3 is 0 Å². The topological polar surface area (TPSA) is 38.7 Å². The second-order valence-electron chi connectivity index (χ2n) is 12.5. The first-order valence-corrected chi connectivity index (χ1v) is 16.3. The van der Waals surface area contributed by atoms with E-state index >= 15 is 0 Å². The SMILES string of the molecule is c1ccc(-c2ccc3cc(-c4ccc5nc(-c6ccc(-c7ccc8ccc9cccc%10ccc7c8c9%10)cc6)ccc5c4)ccc3n2)nc1. The van der Waals surface area contributed by atoms with Crippen LogP contribution in [0.3, 0.4) is 0 Å². The molecule has 7 aromatic carbocycles. The van der Waals surface area contributed by atoms with E-state index < -0.39 is 0 Å². The van der Waals surface area contributed by atoms with E-state index in [1.54, 1.807) is 6.20 Å². The summed E-state index contributed by atoms with van der Waals surface area (Å²) in [5.41, 5.74) is 10.6. The second-order valence-corrected chi connectivity index (χ2v) is 12.5. The normalized spacial score (nSPS) is 11.8. The highest BCUT2D eigenvalue weighted by Crippen LogP contribution is 2.39. The predicted molar refractivity (Wildman–Crippen MR) is 200 cm³/mol. The summed E-state index contributed by atoms with van der Waals surface area (Å²) in [6.45, 7) is 0. The molecule has 10 aromatic rings. The Hall–Kier alpha value is -6.45. The minimum Gasteiger partial charge on any atom is -0.255 e. The minimum absolute atomic E-state index is 0.879. The molecular formula is C45H27N3. The third-order valence-corrected chi connectivity index (χ3v) is 9.66. The van der Waals surface area contributed by atoms with Crippen molar-refractivity contribution in [2.45, 2.75) is 0 Å². The van der Waals surface area contributed by atoms with Crippen LogP contribution in [-0.4, -0.2) is 15.0 Å². The number of pyridine rings is 3. The molecule has 0 unspecified atom stereocenters. The number of nitrogens with zero attached hydrogens (tertiary/aromatic N) is 3. The number of aromatic nitrogens is 3. The predicted octanol–water partition coefficient (Wildman–Crippen LogP) is 11.7. The fourth-order valence-corrected chi connectivity index (χ4v) is 7.24. The Balaban J connectivity index is 0.956. The standard InChI is InChI=1S/C45H27N3/c1-2-25-46-42(6-1)43-24-18-36-27-34(16-22-41(36)48-43)33-15-21-40-35(26-33)17-23-39(47-40)29-9-7-28(8-10-29)37-19-13-32-12-11-30-4-3-5-31-14-20-38(37)45(32)44(30)31/h1-27H. The van der Waals surface area contributed by atoms with Crippen molar-refractivity contribution >= 4 is 54.1 Å². The van der Waals surface area contributed by atoms with Crippen molar-refractivity contribution in [1.29, 1.82) is 0 Å². The van der Waals surface area contributed by atoms with E-state index in [1.165, 1.54) is 43.4 Å². The third kappa shape index (κ3) is 4.33. The largest absolute Gasteiger partial charge is 0.255 e. The molecule has 3 heterocycles. The summed E-state index contributed by atoms with van der Waals surface area (Å²) in [5, 5.41) is 10.1. The van der Waals surface area contributed by atoms with E-state index in [2.05, 4.69) is 138 Å². The first-order valence-electron chi connectivity index (χ1n) is 16.3. The number of hydrogen-bond acceptors (Lipinski definition) is 3. The molecule has 0 saturated carbocycles. The van der Waals surface area contributed by atoms with Crippen LogP contribution < -0.4 is 0 Å². The Labute approximate surface area is 277 Å². The number of hydrogen-bond donors (Lipinski definition) is 0. The van der Waals surface area contributed by atoms with Gasteiger partial charge in [0.25, 0.3) is 0 Å². The Morgan fingerprint density at radius 2 is 0.917 bits per heavy atom. The third-order valence-electron chi connectivity index (χ3n) is 9.66. The average molecular weight is 610 g/mol. The van der Waals surface area contributed by atoms with Crippen LogP contribution in [0, 0.1) is 0 Å². The first kappa shape index (κ1) is 26.7. The van der Waals surface area contributed by atoms with Gasteiger partial charge in [0.2, 0.25) is 0 Å². The van der Waals surface area contributed by atoms with Crippen molar-refractivity contribution in [3.63, 3.8) is 0 Å². The van der Waals surface area contributed by atoms with Gasteiger partial charge in [-0.1, -0.05) is 109 Å². The molecule has 10 rings (SSSR count). The molecule has 48 heavy (non-hydrogen) atoms. The molecule has 0 aliphatic carbocycles. The number of rotatable bonds is 4. The van der Waals surface area contributed by atoms with E-state index in [4.69, 9.17) is 9.97 Å². The molecule has 0 aliphatic rings. The van der Waals surface area contributed by atoms with Crippen LogP contribution >= 0.6 is 0 Å². The van der Waals surface area contributed by atoms with Crippen molar-refractivity contribution in [3.05, 3.63) is 164 Å². The van der Waals surface area contributed by atoms with Crippen LogP contribution in [0.1, 0.15) is 0 Å². The summed E-state index contributed by atoms with van der Waals surface area (Å²) in [4.78, 5) is 14.4. The lowest BCUT2D eigenvalue weighted by Gasteiger charge is -2.14. The molecule has 0 radical (unpaired) electrons. The zero-order chi connectivity index (χ0) is 31.6. The van der Waals surface area contributed by atoms with Crippen molar-refractivity contribution in [3.8, 4) is 44.9 Å². The molecular weight excluding hydrogens is 583 g/mol. The molecule has 3 nitrogen and oxygen atoms in total. The molecule has 3 heteroatoms. The maximum absolute atomic E-state index is 5.06. The summed E-state index contributed by atoms with van der Waals surface area (Å²) in [7, 11) is 0. The van der Waals surface area contributed by atoms with Crippen LogP contribution in [0.5, 0.6) is 0 Å². The van der Waals surface area contributed by atoms with Gasteiger partial charge >= 0.3 is 0 Å². The lowest BCUT2D eigenvalue weighted by Crippen LogP contribution is -1.89. The van der Waals surface area contributed by atoms with Crippen molar-refractivity contribution in [2.24, 2.45) is 0 Å². The van der Waals surface area contributed by atoms with Gasteiger partial charge in [-0.25, -0.2) is 9.97 Å². The van der Waals surface area contributed by atoms with E-state index in [1.807, 2.05) is 24.3 Å². The molecule has 0 atom stereocenters. The first-order chi connectivity index (χ1) is 23.7. The molecule has 0 fully saturated rings. The van der Waals surface area contributed by atoms with Gasteiger partial charge in [0.15, 0.2) is 0 Å². The van der Waals surface area contributed by atoms with Gasteiger partial charge in [0.05, 0.1) is 28.1 Å². The van der Waals surface area contributed by atoms with Gasteiger partial charge in [-0.05, 0) is 103 Å². The summed E-state index contributed by atoms with van der Waals surface area (Å²) < 4.78 is 0. The molecule has 222 valence electrons. The Kier molecular flexibility index (Phi) is 5.87. The van der Waals surface area contributed by atoms with Crippen LogP contribution in [0.25, 0.3) is 99.0 Å². The minimum atomic E-state index is 0.879. The van der Waals surface area contributed by atoms with Crippen LogP contribution in [-0.2, 0) is 0 Å². The molecule has 0 amide bonds. The Morgan fingerprint density at radius 1 is 0.333 bits per heavy atom. The molecule has 3 aromatic heterocycles. The van der Waals surface area contributed by atoms with E-state index in [0.29, 0.717) is 0 Å². The number of benzene rings is 7. The van der Waals surface area contributed by atoms with Gasteiger partial charge in [-0.2, -0.15) is 0 Å². The Morgan fingerprint density at radius 3 is 1.62 bits per heavy atom. The maximum atomic E-state index is 5.06. The molecule has 0 spiro atoms. The smallest absolute Gasteiger partial charge is 0.0893 e. The van der Waals surface area contributed by atoms with E-state index in [9.17, 15) is 0 Å². The lowest BCUT2D eigenvalue weighted by atomic mass is 9.89. The fourth-order valence-electron chi connectivity index (χ4n) is 7.24. The van der Waals surface area contributed by atoms with E-state index in [0.717, 1.165) is 55.6 Å². The Bertz CT molecular complexity index is 2800. The summed E-state index contributed by atoms with van der Waals surface area (Å²) in [5.74, 6) is 0. The summed E-state index contributed by atoms with van der Waals surface area (Å²) in [6, 6.07) is 56.2. The van der Waals surface area contributed by atoms with Crippen LogP contribution in [0.2, 0.25) is 0 Å². The highest BCUT2D eigenvalue weighted by Gasteiger charge is 2.13. The van der Waals surface area contributed by atoms with Crippen molar-refractivity contribution < 1.29 is 0 Å². The van der Waals surface area contributed by atoms with Crippen molar-refractivity contribution in [2.75, 3.05) is 0 Å². The quantitative estimate of drug-likeness (QED) is 0.186. The zero-order valence-electron chi connectivity index (χ0n) is 25.9. The fraction of sp³-hybridized carbons (Fsp3) is 0. The molecule has 0 bridgehead atoms. The number of fused-ring (bicyclic) bond motifs is 2. The second kappa shape index (κ2) is 10.5. The van der Waals surface area contributed by atoms with Gasteiger partial charge in [0, 0.05) is 22.5 Å². The van der Waals surface area contributed by atoms with Crippen molar-refractivity contribution in [1.82, 2.24) is 15.0 Å². The molecule has 0 N–H and O–H groups in total. The highest BCUT2D eigenvalue weighted by atomic mass is 14.8. The monoisotopic (exact) mass is 609 g/mol. The molecule has 0 saturated heterocycles. The highest BCUT2D eigenvalue weighted by molar-refractivity contribution is 6.25. The molecule has 0 aliphatic heterocycles. The van der Waals surface area contributed by atoms with Gasteiger partial charge in [-0.15, -0.1) is 0 Å². The zero-order valence-corrected chi connectivity index (χ0v) is 25.9.